The van der Waals surface area contributed by atoms with Crippen LogP contribution in [0.3, 0.4) is 0 Å². The minimum atomic E-state index is -0.383. The number of nitrogens with one attached hydrogen (secondary N) is 2. The van der Waals surface area contributed by atoms with E-state index in [0.717, 1.165) is 6.42 Å². The molecule has 0 fully saturated rings. The van der Waals surface area contributed by atoms with Crippen LogP contribution in [0.4, 0.5) is 0 Å². The van der Waals surface area contributed by atoms with Crippen molar-refractivity contribution >= 4 is 5.97 Å². The fourth-order valence-electron chi connectivity index (χ4n) is 1.09. The van der Waals surface area contributed by atoms with E-state index in [4.69, 9.17) is 4.74 Å². The number of rotatable bonds is 5. The SMILES string of the molecule is CNC(CCC(=O)OC(C)(C)C)NC. The van der Waals surface area contributed by atoms with Gasteiger partial charge in [-0.05, 0) is 41.3 Å². The van der Waals surface area contributed by atoms with Crippen LogP contribution in [0.25, 0.3) is 0 Å². The van der Waals surface area contributed by atoms with E-state index in [1.807, 2.05) is 34.9 Å². The van der Waals surface area contributed by atoms with Crippen molar-refractivity contribution in [2.24, 2.45) is 0 Å². The fourth-order valence-corrected chi connectivity index (χ4v) is 1.09. The first-order chi connectivity index (χ1) is 6.39. The van der Waals surface area contributed by atoms with Crippen molar-refractivity contribution in [1.82, 2.24) is 10.6 Å². The highest BCUT2D eigenvalue weighted by Gasteiger charge is 2.16. The minimum absolute atomic E-state index is 0.145. The molecule has 0 unspecified atom stereocenters. The molecule has 0 atom stereocenters. The van der Waals surface area contributed by atoms with Crippen molar-refractivity contribution in [3.8, 4) is 0 Å². The molecule has 0 aromatic rings. The van der Waals surface area contributed by atoms with Crippen LogP contribution in [0.15, 0.2) is 0 Å². The molecule has 0 saturated heterocycles. The molecule has 14 heavy (non-hydrogen) atoms. The molecule has 0 aromatic heterocycles. The number of carbonyl (C=O) groups excluding carboxylic acids is 1. The van der Waals surface area contributed by atoms with Gasteiger partial charge in [-0.2, -0.15) is 0 Å². The summed E-state index contributed by atoms with van der Waals surface area (Å²) in [6, 6.07) is 0. The number of hydrogen-bond acceptors (Lipinski definition) is 4. The molecule has 0 saturated carbocycles. The van der Waals surface area contributed by atoms with Crippen molar-refractivity contribution in [1.29, 1.82) is 0 Å². The van der Waals surface area contributed by atoms with Gasteiger partial charge >= 0.3 is 5.97 Å². The third kappa shape index (κ3) is 6.86. The highest BCUT2D eigenvalue weighted by molar-refractivity contribution is 5.69. The highest BCUT2D eigenvalue weighted by atomic mass is 16.6. The molecule has 84 valence electrons. The topological polar surface area (TPSA) is 50.4 Å². The summed E-state index contributed by atoms with van der Waals surface area (Å²) in [4.78, 5) is 11.3. The summed E-state index contributed by atoms with van der Waals surface area (Å²) in [6.45, 7) is 5.62. The van der Waals surface area contributed by atoms with E-state index in [2.05, 4.69) is 10.6 Å². The van der Waals surface area contributed by atoms with Gasteiger partial charge in [0.05, 0.1) is 6.17 Å². The first-order valence-corrected chi connectivity index (χ1v) is 4.95. The van der Waals surface area contributed by atoms with Gasteiger partial charge in [-0.25, -0.2) is 0 Å². The second kappa shape index (κ2) is 5.98. The molecule has 0 heterocycles. The predicted octanol–water partition coefficient (Wildman–Crippen LogP) is 0.873. The molecule has 0 bridgehead atoms. The molecule has 0 radical (unpaired) electrons. The van der Waals surface area contributed by atoms with Gasteiger partial charge in [0.2, 0.25) is 0 Å². The first-order valence-electron chi connectivity index (χ1n) is 4.95. The Morgan fingerprint density at radius 1 is 1.29 bits per heavy atom. The number of carbonyl (C=O) groups is 1. The van der Waals surface area contributed by atoms with Crippen LogP contribution < -0.4 is 10.6 Å². The molecule has 0 aliphatic rings. The maximum atomic E-state index is 11.3. The monoisotopic (exact) mass is 202 g/mol. The Balaban J connectivity index is 3.74. The van der Waals surface area contributed by atoms with Crippen LogP contribution in [-0.2, 0) is 9.53 Å². The maximum absolute atomic E-state index is 11.3. The van der Waals surface area contributed by atoms with Crippen LogP contribution in [0.1, 0.15) is 33.6 Å². The third-order valence-corrected chi connectivity index (χ3v) is 1.75. The Morgan fingerprint density at radius 3 is 2.14 bits per heavy atom. The van der Waals surface area contributed by atoms with Crippen LogP contribution in [-0.4, -0.2) is 31.8 Å². The molecule has 4 nitrogen and oxygen atoms in total. The summed E-state index contributed by atoms with van der Waals surface area (Å²) in [6.07, 6.45) is 1.34. The highest BCUT2D eigenvalue weighted by Crippen LogP contribution is 2.09. The van der Waals surface area contributed by atoms with Gasteiger partial charge in [0.25, 0.3) is 0 Å². The smallest absolute Gasteiger partial charge is 0.306 e. The summed E-state index contributed by atoms with van der Waals surface area (Å²) in [7, 11) is 3.71. The number of esters is 1. The van der Waals surface area contributed by atoms with Crippen LogP contribution in [0.2, 0.25) is 0 Å². The average Bonchev–Trinajstić information content (AvgIpc) is 2.03. The van der Waals surface area contributed by atoms with E-state index >= 15 is 0 Å². The number of ether oxygens (including phenoxy) is 1. The van der Waals surface area contributed by atoms with E-state index < -0.39 is 0 Å². The Labute approximate surface area is 86.4 Å². The van der Waals surface area contributed by atoms with E-state index in [9.17, 15) is 4.79 Å². The zero-order valence-corrected chi connectivity index (χ0v) is 9.81. The minimum Gasteiger partial charge on any atom is -0.460 e. The van der Waals surface area contributed by atoms with Gasteiger partial charge in [0.1, 0.15) is 5.60 Å². The maximum Gasteiger partial charge on any atom is 0.306 e. The largest absolute Gasteiger partial charge is 0.460 e. The standard InChI is InChI=1S/C10H22N2O2/c1-10(2,3)14-9(13)7-6-8(11-4)12-5/h8,11-12H,6-7H2,1-5H3. The van der Waals surface area contributed by atoms with Crippen molar-refractivity contribution in [3.05, 3.63) is 0 Å². The van der Waals surface area contributed by atoms with E-state index in [-0.39, 0.29) is 17.7 Å². The summed E-state index contributed by atoms with van der Waals surface area (Å²) < 4.78 is 5.18. The molecule has 0 spiro atoms. The lowest BCUT2D eigenvalue weighted by atomic mass is 10.2. The Morgan fingerprint density at radius 2 is 1.79 bits per heavy atom. The van der Waals surface area contributed by atoms with Gasteiger partial charge in [-0.15, -0.1) is 0 Å². The van der Waals surface area contributed by atoms with E-state index in [0.29, 0.717) is 6.42 Å². The summed E-state index contributed by atoms with van der Waals surface area (Å²) in [5.74, 6) is -0.145. The predicted molar refractivity (Wildman–Crippen MR) is 57.0 cm³/mol. The molecule has 0 amide bonds. The number of hydrogen-bond donors (Lipinski definition) is 2. The molecule has 0 aliphatic carbocycles. The first kappa shape index (κ1) is 13.4. The lowest BCUT2D eigenvalue weighted by molar-refractivity contribution is -0.155. The second-order valence-corrected chi connectivity index (χ2v) is 4.26. The lowest BCUT2D eigenvalue weighted by Crippen LogP contribution is -2.38. The van der Waals surface area contributed by atoms with Gasteiger partial charge in [-0.1, -0.05) is 0 Å². The van der Waals surface area contributed by atoms with Gasteiger partial charge < -0.3 is 15.4 Å². The quantitative estimate of drug-likeness (QED) is 0.513. The fraction of sp³-hybridized carbons (Fsp3) is 0.900. The summed E-state index contributed by atoms with van der Waals surface area (Å²) >= 11 is 0. The molecule has 0 rings (SSSR count). The summed E-state index contributed by atoms with van der Waals surface area (Å²) in [5.41, 5.74) is -0.383. The molecule has 2 N–H and O–H groups in total. The van der Waals surface area contributed by atoms with Crippen molar-refractivity contribution in [3.63, 3.8) is 0 Å². The van der Waals surface area contributed by atoms with Crippen molar-refractivity contribution in [2.75, 3.05) is 14.1 Å². The Hall–Kier alpha value is -0.610. The zero-order chi connectivity index (χ0) is 11.2. The lowest BCUT2D eigenvalue weighted by Gasteiger charge is -2.20. The Bertz CT molecular complexity index is 171. The van der Waals surface area contributed by atoms with E-state index in [1.54, 1.807) is 0 Å². The van der Waals surface area contributed by atoms with E-state index in [1.165, 1.54) is 0 Å². The van der Waals surface area contributed by atoms with Gasteiger partial charge in [0, 0.05) is 6.42 Å². The third-order valence-electron chi connectivity index (χ3n) is 1.75. The Kier molecular flexibility index (Phi) is 5.72. The normalized spacial score (nSPS) is 11.9. The van der Waals surface area contributed by atoms with Crippen LogP contribution >= 0.6 is 0 Å². The molecular formula is C10H22N2O2. The van der Waals surface area contributed by atoms with Crippen molar-refractivity contribution < 1.29 is 9.53 Å². The molecular weight excluding hydrogens is 180 g/mol. The second-order valence-electron chi connectivity index (χ2n) is 4.26. The van der Waals surface area contributed by atoms with Crippen LogP contribution in [0.5, 0.6) is 0 Å². The van der Waals surface area contributed by atoms with Crippen molar-refractivity contribution in [2.45, 2.75) is 45.4 Å². The molecule has 4 heteroatoms. The van der Waals surface area contributed by atoms with Gasteiger partial charge in [0.15, 0.2) is 0 Å². The zero-order valence-electron chi connectivity index (χ0n) is 9.81. The molecule has 0 aromatic carbocycles. The van der Waals surface area contributed by atoms with Gasteiger partial charge in [-0.3, -0.25) is 4.79 Å². The average molecular weight is 202 g/mol. The molecule has 0 aliphatic heterocycles. The van der Waals surface area contributed by atoms with Crippen LogP contribution in [0, 0.1) is 0 Å². The summed E-state index contributed by atoms with van der Waals surface area (Å²) in [5, 5.41) is 6.10.